The summed E-state index contributed by atoms with van der Waals surface area (Å²) >= 11 is 0. The van der Waals surface area contributed by atoms with Crippen LogP contribution in [0.5, 0.6) is 0 Å². The van der Waals surface area contributed by atoms with Crippen molar-refractivity contribution in [2.75, 3.05) is 13.1 Å². The number of hydrogen-bond donors (Lipinski definition) is 2. The Kier molecular flexibility index (Phi) is 5.91. The Morgan fingerprint density at radius 1 is 1.24 bits per heavy atom. The molecule has 0 spiro atoms. The Morgan fingerprint density at radius 3 is 2.32 bits per heavy atom. The summed E-state index contributed by atoms with van der Waals surface area (Å²) in [6, 6.07) is 1.10. The van der Waals surface area contributed by atoms with E-state index in [4.69, 9.17) is 0 Å². The van der Waals surface area contributed by atoms with Gasteiger partial charge in [-0.3, -0.25) is 4.79 Å². The van der Waals surface area contributed by atoms with Crippen LogP contribution < -0.4 is 5.32 Å². The summed E-state index contributed by atoms with van der Waals surface area (Å²) in [5, 5.41) is 12.8. The second kappa shape index (κ2) is 7.43. The van der Waals surface area contributed by atoms with Gasteiger partial charge in [-0.15, -0.1) is 0 Å². The van der Waals surface area contributed by atoms with Crippen molar-refractivity contribution in [3.8, 4) is 0 Å². The van der Waals surface area contributed by atoms with Crippen molar-refractivity contribution in [2.24, 2.45) is 0 Å². The molecule has 1 saturated heterocycles. The number of carbonyl (C=O) groups is 1. The third kappa shape index (κ3) is 3.73. The van der Waals surface area contributed by atoms with Gasteiger partial charge in [-0.05, 0) is 56.4 Å². The molecular formula is C18H28N2O4S. The first-order valence-electron chi connectivity index (χ1n) is 8.66. The zero-order chi connectivity index (χ0) is 18.9. The van der Waals surface area contributed by atoms with Gasteiger partial charge in [-0.25, -0.2) is 8.42 Å². The molecule has 0 aliphatic carbocycles. The number of amides is 1. The lowest BCUT2D eigenvalue weighted by Crippen LogP contribution is -2.46. The second-order valence-electron chi connectivity index (χ2n) is 6.86. The van der Waals surface area contributed by atoms with Crippen LogP contribution in [0.25, 0.3) is 0 Å². The maximum atomic E-state index is 13.3. The number of aryl methyl sites for hydroxylation is 2. The Bertz CT molecular complexity index is 748. The van der Waals surface area contributed by atoms with Crippen LogP contribution in [0.3, 0.4) is 0 Å². The molecule has 1 aliphatic rings. The number of nitrogens with one attached hydrogen (secondary N) is 1. The van der Waals surface area contributed by atoms with Crippen LogP contribution in [0, 0.1) is 27.7 Å². The van der Waals surface area contributed by atoms with Gasteiger partial charge in [0.2, 0.25) is 15.9 Å². The molecule has 0 unspecified atom stereocenters. The van der Waals surface area contributed by atoms with Crippen molar-refractivity contribution in [1.29, 1.82) is 0 Å². The first-order chi connectivity index (χ1) is 11.6. The summed E-state index contributed by atoms with van der Waals surface area (Å²) in [4.78, 5) is 12.7. The quantitative estimate of drug-likeness (QED) is 0.826. The maximum Gasteiger partial charge on any atom is 0.244 e. The van der Waals surface area contributed by atoms with Gasteiger partial charge in [0, 0.05) is 19.5 Å². The fourth-order valence-corrected chi connectivity index (χ4v) is 5.55. The molecule has 1 aromatic rings. The highest BCUT2D eigenvalue weighted by Crippen LogP contribution is 2.32. The topological polar surface area (TPSA) is 86.7 Å². The monoisotopic (exact) mass is 368 g/mol. The highest BCUT2D eigenvalue weighted by Gasteiger charge is 2.44. The highest BCUT2D eigenvalue weighted by molar-refractivity contribution is 7.89. The molecule has 2 N–H and O–H groups in total. The van der Waals surface area contributed by atoms with Crippen LogP contribution in [-0.2, 0) is 14.8 Å². The molecule has 25 heavy (non-hydrogen) atoms. The molecule has 1 amide bonds. The SMILES string of the molecule is CCCNC(=O)[C@@H]1C[C@H](O)CN1S(=O)(=O)c1c(C)c(C)cc(C)c1C. The maximum absolute atomic E-state index is 13.3. The van der Waals surface area contributed by atoms with Crippen molar-refractivity contribution < 1.29 is 18.3 Å². The summed E-state index contributed by atoms with van der Waals surface area (Å²) < 4.78 is 27.9. The van der Waals surface area contributed by atoms with Crippen molar-refractivity contribution in [3.63, 3.8) is 0 Å². The molecule has 2 atom stereocenters. The molecule has 1 fully saturated rings. The first-order valence-corrected chi connectivity index (χ1v) is 10.1. The fraction of sp³-hybridized carbons (Fsp3) is 0.611. The Morgan fingerprint density at radius 2 is 1.80 bits per heavy atom. The fourth-order valence-electron chi connectivity index (χ4n) is 3.34. The molecular weight excluding hydrogens is 340 g/mol. The molecule has 1 heterocycles. The second-order valence-corrected chi connectivity index (χ2v) is 8.69. The molecule has 0 aromatic heterocycles. The third-order valence-electron chi connectivity index (χ3n) is 4.95. The predicted octanol–water partition coefficient (Wildman–Crippen LogP) is 1.57. The number of β-amino-alcohol motifs (C(OH)–C–C–N with tert-alkyl or cyclic N) is 1. The van der Waals surface area contributed by atoms with Crippen LogP contribution in [-0.4, -0.2) is 49.0 Å². The van der Waals surface area contributed by atoms with Crippen molar-refractivity contribution in [3.05, 3.63) is 28.3 Å². The van der Waals surface area contributed by atoms with Crippen LogP contribution >= 0.6 is 0 Å². The molecule has 1 aromatic carbocycles. The van der Waals surface area contributed by atoms with Gasteiger partial charge in [0.05, 0.1) is 11.0 Å². The van der Waals surface area contributed by atoms with E-state index in [2.05, 4.69) is 5.32 Å². The van der Waals surface area contributed by atoms with E-state index >= 15 is 0 Å². The summed E-state index contributed by atoms with van der Waals surface area (Å²) in [6.07, 6.45) is 0.0550. The molecule has 0 radical (unpaired) electrons. The smallest absolute Gasteiger partial charge is 0.244 e. The molecule has 2 rings (SSSR count). The molecule has 6 nitrogen and oxygen atoms in total. The molecule has 140 valence electrons. The number of benzene rings is 1. The predicted molar refractivity (Wildman–Crippen MR) is 97.0 cm³/mol. The number of aliphatic hydroxyl groups is 1. The lowest BCUT2D eigenvalue weighted by molar-refractivity contribution is -0.124. The standard InChI is InChI=1S/C18H28N2O4S/c1-6-7-19-18(22)16-9-15(21)10-20(16)25(23,24)17-13(4)11(2)8-12(3)14(17)5/h8,15-16,21H,6-7,9-10H2,1-5H3,(H,19,22)/t15-,16-/m0/s1. The molecule has 0 saturated carbocycles. The van der Waals surface area contributed by atoms with E-state index in [0.717, 1.165) is 21.9 Å². The zero-order valence-electron chi connectivity index (χ0n) is 15.6. The summed E-state index contributed by atoms with van der Waals surface area (Å²) in [5.41, 5.74) is 3.18. The van der Waals surface area contributed by atoms with Crippen LogP contribution in [0.1, 0.15) is 42.0 Å². The Balaban J connectivity index is 2.50. The van der Waals surface area contributed by atoms with E-state index in [1.54, 1.807) is 13.8 Å². The van der Waals surface area contributed by atoms with Crippen LogP contribution in [0.2, 0.25) is 0 Å². The Hall–Kier alpha value is -1.44. The summed E-state index contributed by atoms with van der Waals surface area (Å²) in [5.74, 6) is -0.346. The van der Waals surface area contributed by atoms with E-state index < -0.39 is 22.2 Å². The van der Waals surface area contributed by atoms with E-state index in [-0.39, 0.29) is 23.8 Å². The minimum Gasteiger partial charge on any atom is -0.392 e. The molecule has 1 aliphatic heterocycles. The van der Waals surface area contributed by atoms with Gasteiger partial charge in [0.15, 0.2) is 0 Å². The lowest BCUT2D eigenvalue weighted by atomic mass is 10.0. The zero-order valence-corrected chi connectivity index (χ0v) is 16.4. The lowest BCUT2D eigenvalue weighted by Gasteiger charge is -2.26. The number of carbonyl (C=O) groups excluding carboxylic acids is 1. The average molecular weight is 368 g/mol. The van der Waals surface area contributed by atoms with E-state index in [9.17, 15) is 18.3 Å². The van der Waals surface area contributed by atoms with Gasteiger partial charge >= 0.3 is 0 Å². The number of nitrogens with zero attached hydrogens (tertiary/aromatic N) is 1. The number of aliphatic hydroxyl groups excluding tert-OH is 1. The number of hydrogen-bond acceptors (Lipinski definition) is 4. The van der Waals surface area contributed by atoms with Gasteiger partial charge < -0.3 is 10.4 Å². The van der Waals surface area contributed by atoms with Crippen molar-refractivity contribution >= 4 is 15.9 Å². The van der Waals surface area contributed by atoms with Crippen LogP contribution in [0.15, 0.2) is 11.0 Å². The summed E-state index contributed by atoms with van der Waals surface area (Å²) in [7, 11) is -3.88. The molecule has 7 heteroatoms. The largest absolute Gasteiger partial charge is 0.392 e. The number of rotatable bonds is 5. The number of sulfonamides is 1. The van der Waals surface area contributed by atoms with Gasteiger partial charge in [0.1, 0.15) is 6.04 Å². The van der Waals surface area contributed by atoms with Crippen molar-refractivity contribution in [2.45, 2.75) is 64.5 Å². The average Bonchev–Trinajstić information content (AvgIpc) is 2.93. The molecule has 0 bridgehead atoms. The van der Waals surface area contributed by atoms with E-state index in [1.807, 2.05) is 26.8 Å². The minimum absolute atomic E-state index is 0.0571. The Labute approximate surface area is 150 Å². The van der Waals surface area contributed by atoms with Crippen molar-refractivity contribution in [1.82, 2.24) is 9.62 Å². The van der Waals surface area contributed by atoms with Gasteiger partial charge in [-0.1, -0.05) is 13.0 Å². The van der Waals surface area contributed by atoms with E-state index in [0.29, 0.717) is 17.7 Å². The first kappa shape index (κ1) is 19.9. The minimum atomic E-state index is -3.88. The normalized spacial score (nSPS) is 21.5. The van der Waals surface area contributed by atoms with Gasteiger partial charge in [-0.2, -0.15) is 4.31 Å². The van der Waals surface area contributed by atoms with Crippen LogP contribution in [0.4, 0.5) is 0 Å². The third-order valence-corrected chi connectivity index (χ3v) is 7.10. The summed E-state index contributed by atoms with van der Waals surface area (Å²) in [6.45, 7) is 9.69. The van der Waals surface area contributed by atoms with E-state index in [1.165, 1.54) is 0 Å². The van der Waals surface area contributed by atoms with Gasteiger partial charge in [0.25, 0.3) is 0 Å². The highest BCUT2D eigenvalue weighted by atomic mass is 32.2.